The Hall–Kier alpha value is -3.19. The first-order valence-corrected chi connectivity index (χ1v) is 9.25. The zero-order chi connectivity index (χ0) is 19.7. The summed E-state index contributed by atoms with van der Waals surface area (Å²) in [5.41, 5.74) is 3.84. The van der Waals surface area contributed by atoms with E-state index < -0.39 is 4.92 Å². The molecule has 7 nitrogen and oxygen atoms in total. The normalized spacial score (nSPS) is 13.1. The van der Waals surface area contributed by atoms with E-state index in [4.69, 9.17) is 11.6 Å². The minimum Gasteiger partial charge on any atom is -0.346 e. The second-order valence-electron chi connectivity index (χ2n) is 6.68. The first-order chi connectivity index (χ1) is 13.5. The Morgan fingerprint density at radius 1 is 1.18 bits per heavy atom. The molecule has 1 N–H and O–H groups in total. The first kappa shape index (κ1) is 18.2. The van der Waals surface area contributed by atoms with Gasteiger partial charge in [0.1, 0.15) is 6.33 Å². The predicted molar refractivity (Wildman–Crippen MR) is 109 cm³/mol. The maximum atomic E-state index is 11.9. The predicted octanol–water partition coefficient (Wildman–Crippen LogP) is 4.65. The molecule has 0 saturated carbocycles. The van der Waals surface area contributed by atoms with Gasteiger partial charge in [-0.2, -0.15) is 0 Å². The number of fused-ring (bicyclic) bond motifs is 1. The number of nitro groups is 1. The van der Waals surface area contributed by atoms with Crippen LogP contribution in [0.15, 0.2) is 48.8 Å². The highest BCUT2D eigenvalue weighted by Gasteiger charge is 2.29. The number of aromatic nitrogens is 2. The van der Waals surface area contributed by atoms with E-state index in [1.165, 1.54) is 11.9 Å². The molecule has 0 amide bonds. The van der Waals surface area contributed by atoms with Crippen molar-refractivity contribution in [3.8, 4) is 0 Å². The highest BCUT2D eigenvalue weighted by Crippen LogP contribution is 2.36. The number of aryl methyl sites for hydroxylation is 1. The lowest BCUT2D eigenvalue weighted by molar-refractivity contribution is -0.383. The summed E-state index contributed by atoms with van der Waals surface area (Å²) in [7, 11) is 0. The second kappa shape index (κ2) is 7.44. The topological polar surface area (TPSA) is 84.2 Å². The monoisotopic (exact) mass is 395 g/mol. The van der Waals surface area contributed by atoms with E-state index in [9.17, 15) is 10.1 Å². The molecule has 0 radical (unpaired) electrons. The molecule has 142 valence electrons. The van der Waals surface area contributed by atoms with Crippen LogP contribution in [0.4, 0.5) is 23.0 Å². The Bertz CT molecular complexity index is 1060. The van der Waals surface area contributed by atoms with E-state index in [0.29, 0.717) is 29.6 Å². The Kier molecular flexibility index (Phi) is 4.83. The third-order valence-corrected chi connectivity index (χ3v) is 5.26. The molecule has 1 aliphatic rings. The molecule has 0 saturated heterocycles. The van der Waals surface area contributed by atoms with E-state index in [0.717, 1.165) is 17.5 Å². The average Bonchev–Trinajstić information content (AvgIpc) is 2.70. The van der Waals surface area contributed by atoms with Crippen LogP contribution in [0.3, 0.4) is 0 Å². The van der Waals surface area contributed by atoms with E-state index in [-0.39, 0.29) is 11.5 Å². The Morgan fingerprint density at radius 2 is 1.96 bits per heavy atom. The van der Waals surface area contributed by atoms with Gasteiger partial charge in [-0.3, -0.25) is 10.1 Å². The third kappa shape index (κ3) is 3.48. The van der Waals surface area contributed by atoms with Gasteiger partial charge in [0.15, 0.2) is 0 Å². The maximum absolute atomic E-state index is 11.9. The quantitative estimate of drug-likeness (QED) is 0.511. The molecule has 2 heterocycles. The fourth-order valence-electron chi connectivity index (χ4n) is 3.34. The maximum Gasteiger partial charge on any atom is 0.353 e. The van der Waals surface area contributed by atoms with Crippen LogP contribution in [0.25, 0.3) is 0 Å². The van der Waals surface area contributed by atoms with Crippen LogP contribution in [0.1, 0.15) is 16.7 Å². The SMILES string of the molecule is Cc1ccc(Nc2ncnc(N3CCc4ccccc4C3)c2[N+](=O)[O-])cc1Cl. The first-order valence-electron chi connectivity index (χ1n) is 8.87. The van der Waals surface area contributed by atoms with Crippen LogP contribution >= 0.6 is 11.6 Å². The number of nitrogens with zero attached hydrogens (tertiary/aromatic N) is 4. The van der Waals surface area contributed by atoms with Crippen molar-refractivity contribution in [3.63, 3.8) is 0 Å². The van der Waals surface area contributed by atoms with Gasteiger partial charge in [-0.1, -0.05) is 41.9 Å². The van der Waals surface area contributed by atoms with Crippen molar-refractivity contribution in [2.24, 2.45) is 0 Å². The minimum absolute atomic E-state index is 0.140. The van der Waals surface area contributed by atoms with E-state index >= 15 is 0 Å². The van der Waals surface area contributed by atoms with Crippen LogP contribution in [-0.4, -0.2) is 21.4 Å². The van der Waals surface area contributed by atoms with Gasteiger partial charge in [-0.15, -0.1) is 0 Å². The lowest BCUT2D eigenvalue weighted by atomic mass is 10.00. The number of halogens is 1. The summed E-state index contributed by atoms with van der Waals surface area (Å²) in [6, 6.07) is 13.5. The minimum atomic E-state index is -0.437. The van der Waals surface area contributed by atoms with Crippen molar-refractivity contribution in [1.82, 2.24) is 9.97 Å². The zero-order valence-electron chi connectivity index (χ0n) is 15.2. The average molecular weight is 396 g/mol. The summed E-state index contributed by atoms with van der Waals surface area (Å²) in [6.45, 7) is 3.13. The third-order valence-electron chi connectivity index (χ3n) is 4.85. The van der Waals surface area contributed by atoms with Crippen LogP contribution in [0, 0.1) is 17.0 Å². The molecule has 28 heavy (non-hydrogen) atoms. The van der Waals surface area contributed by atoms with Gasteiger partial charge in [0.25, 0.3) is 0 Å². The van der Waals surface area contributed by atoms with Crippen molar-refractivity contribution in [1.29, 1.82) is 0 Å². The summed E-state index contributed by atoms with van der Waals surface area (Å²) in [6.07, 6.45) is 2.16. The molecule has 3 aromatic rings. The zero-order valence-corrected chi connectivity index (χ0v) is 16.0. The van der Waals surface area contributed by atoms with Crippen LogP contribution in [-0.2, 0) is 13.0 Å². The van der Waals surface area contributed by atoms with Gasteiger partial charge >= 0.3 is 5.69 Å². The number of hydrogen-bond acceptors (Lipinski definition) is 6. The van der Waals surface area contributed by atoms with Crippen molar-refractivity contribution < 1.29 is 4.92 Å². The fourth-order valence-corrected chi connectivity index (χ4v) is 3.52. The lowest BCUT2D eigenvalue weighted by Gasteiger charge is -2.29. The van der Waals surface area contributed by atoms with Gasteiger partial charge in [-0.05, 0) is 42.2 Å². The standard InChI is InChI=1S/C20H18ClN5O2/c1-13-6-7-16(10-17(13)21)24-19-18(26(27)28)20(23-12-22-19)25-9-8-14-4-2-3-5-15(14)11-25/h2-7,10,12H,8-9,11H2,1H3,(H,22,23,24). The summed E-state index contributed by atoms with van der Waals surface area (Å²) in [5, 5.41) is 15.5. The van der Waals surface area contributed by atoms with Crippen molar-refractivity contribution >= 4 is 34.6 Å². The number of nitrogens with one attached hydrogen (secondary N) is 1. The van der Waals surface area contributed by atoms with Gasteiger partial charge in [-0.25, -0.2) is 9.97 Å². The molecule has 0 aliphatic carbocycles. The van der Waals surface area contributed by atoms with Crippen molar-refractivity contribution in [2.45, 2.75) is 19.9 Å². The summed E-state index contributed by atoms with van der Waals surface area (Å²) in [4.78, 5) is 21.7. The van der Waals surface area contributed by atoms with Crippen molar-refractivity contribution in [3.05, 3.63) is 80.6 Å². The molecule has 0 spiro atoms. The molecule has 4 rings (SSSR count). The summed E-state index contributed by atoms with van der Waals surface area (Å²) >= 11 is 6.17. The van der Waals surface area contributed by atoms with Crippen LogP contribution in [0.2, 0.25) is 5.02 Å². The number of hydrogen-bond donors (Lipinski definition) is 1. The fraction of sp³-hybridized carbons (Fsp3) is 0.200. The molecular formula is C20H18ClN5O2. The smallest absolute Gasteiger partial charge is 0.346 e. The molecule has 1 aliphatic heterocycles. The molecule has 2 aromatic carbocycles. The number of anilines is 3. The summed E-state index contributed by atoms with van der Waals surface area (Å²) in [5.74, 6) is 0.462. The molecule has 8 heteroatoms. The highest BCUT2D eigenvalue weighted by molar-refractivity contribution is 6.31. The largest absolute Gasteiger partial charge is 0.353 e. The summed E-state index contributed by atoms with van der Waals surface area (Å²) < 4.78 is 0. The van der Waals surface area contributed by atoms with Gasteiger partial charge in [0.05, 0.1) is 4.92 Å². The molecule has 0 atom stereocenters. The van der Waals surface area contributed by atoms with Gasteiger partial charge in [0, 0.05) is 23.8 Å². The Morgan fingerprint density at radius 3 is 2.71 bits per heavy atom. The van der Waals surface area contributed by atoms with Gasteiger partial charge in [0.2, 0.25) is 11.6 Å². The Balaban J connectivity index is 1.70. The van der Waals surface area contributed by atoms with E-state index in [1.807, 2.05) is 42.2 Å². The number of rotatable bonds is 4. The molecule has 0 bridgehead atoms. The van der Waals surface area contributed by atoms with Crippen LogP contribution in [0.5, 0.6) is 0 Å². The highest BCUT2D eigenvalue weighted by atomic mass is 35.5. The number of benzene rings is 2. The molecule has 1 aromatic heterocycles. The molecule has 0 unspecified atom stereocenters. The van der Waals surface area contributed by atoms with Gasteiger partial charge < -0.3 is 10.2 Å². The Labute approximate surface area is 167 Å². The molecular weight excluding hydrogens is 378 g/mol. The van der Waals surface area contributed by atoms with Crippen molar-refractivity contribution in [2.75, 3.05) is 16.8 Å². The molecule has 0 fully saturated rings. The van der Waals surface area contributed by atoms with E-state index in [2.05, 4.69) is 21.4 Å². The van der Waals surface area contributed by atoms with E-state index in [1.54, 1.807) is 6.07 Å². The second-order valence-corrected chi connectivity index (χ2v) is 7.09. The van der Waals surface area contributed by atoms with Crippen LogP contribution < -0.4 is 10.2 Å². The lowest BCUT2D eigenvalue weighted by Crippen LogP contribution is -2.31.